The zero-order chi connectivity index (χ0) is 19.1. The van der Waals surface area contributed by atoms with Crippen molar-refractivity contribution in [3.05, 3.63) is 53.6 Å². The molecule has 0 aliphatic heterocycles. The van der Waals surface area contributed by atoms with Crippen molar-refractivity contribution in [2.24, 2.45) is 0 Å². The minimum atomic E-state index is 0.371. The molecule has 27 heavy (non-hydrogen) atoms. The van der Waals surface area contributed by atoms with Crippen LogP contribution in [0.4, 0.5) is 11.6 Å². The van der Waals surface area contributed by atoms with Crippen molar-refractivity contribution in [2.45, 2.75) is 13.8 Å². The monoisotopic (exact) mass is 359 g/mol. The number of H-pyrrole nitrogens is 1. The molecule has 0 fully saturated rings. The third-order valence-corrected chi connectivity index (χ3v) is 4.76. The molecule has 0 spiro atoms. The topological polar surface area (TPSA) is 103 Å². The van der Waals surface area contributed by atoms with Gasteiger partial charge < -0.3 is 16.2 Å². The Morgan fingerprint density at radius 3 is 2.56 bits per heavy atom. The molecule has 6 heteroatoms. The van der Waals surface area contributed by atoms with E-state index in [1.807, 2.05) is 24.3 Å². The van der Waals surface area contributed by atoms with E-state index in [0.717, 1.165) is 39.1 Å². The molecule has 0 amide bonds. The lowest BCUT2D eigenvalue weighted by molar-refractivity contribution is 0.415. The van der Waals surface area contributed by atoms with Crippen LogP contribution in [0, 0.1) is 13.8 Å². The van der Waals surface area contributed by atoms with Crippen LogP contribution in [0.3, 0.4) is 0 Å². The summed E-state index contributed by atoms with van der Waals surface area (Å²) >= 11 is 0. The van der Waals surface area contributed by atoms with E-state index < -0.39 is 0 Å². The van der Waals surface area contributed by atoms with Crippen molar-refractivity contribution < 1.29 is 4.74 Å². The van der Waals surface area contributed by atoms with Gasteiger partial charge in [0.2, 0.25) is 0 Å². The third-order valence-electron chi connectivity index (χ3n) is 4.76. The SMILES string of the molecule is COc1cccc(-c2c(-c3ccc(C)cc3C)nc(N)c3[nH]nc(N)c23)c1. The minimum Gasteiger partial charge on any atom is -0.497 e. The lowest BCUT2D eigenvalue weighted by Crippen LogP contribution is -2.00. The second-order valence-electron chi connectivity index (χ2n) is 6.63. The lowest BCUT2D eigenvalue weighted by Gasteiger charge is -2.15. The second-order valence-corrected chi connectivity index (χ2v) is 6.63. The number of nitrogens with two attached hydrogens (primary N) is 2. The van der Waals surface area contributed by atoms with E-state index >= 15 is 0 Å². The molecule has 2 heterocycles. The zero-order valence-corrected chi connectivity index (χ0v) is 15.5. The summed E-state index contributed by atoms with van der Waals surface area (Å²) in [5.74, 6) is 1.52. The van der Waals surface area contributed by atoms with E-state index in [-0.39, 0.29) is 0 Å². The summed E-state index contributed by atoms with van der Waals surface area (Å²) in [5, 5.41) is 7.83. The number of benzene rings is 2. The van der Waals surface area contributed by atoms with Crippen LogP contribution in [-0.4, -0.2) is 22.3 Å². The molecule has 4 aromatic rings. The molecule has 0 saturated heterocycles. The summed E-state index contributed by atoms with van der Waals surface area (Å²) in [7, 11) is 1.65. The van der Waals surface area contributed by atoms with Gasteiger partial charge in [0, 0.05) is 11.1 Å². The lowest BCUT2D eigenvalue weighted by atomic mass is 9.93. The van der Waals surface area contributed by atoms with E-state index in [0.29, 0.717) is 17.2 Å². The second kappa shape index (κ2) is 6.32. The standard InChI is InChI=1S/C21H21N5O/c1-11-7-8-15(12(2)9-11)18-16(13-5-4-6-14(10-13)27-3)17-19(21(23)24-18)25-26-20(17)22/h4-10H,1-3H3,(H2,23,24)(H3,22,25,26). The van der Waals surface area contributed by atoms with Crippen LogP contribution in [0.15, 0.2) is 42.5 Å². The van der Waals surface area contributed by atoms with Crippen molar-refractivity contribution >= 4 is 22.5 Å². The number of rotatable bonds is 3. The highest BCUT2D eigenvalue weighted by Gasteiger charge is 2.21. The Labute approximate surface area is 157 Å². The van der Waals surface area contributed by atoms with Gasteiger partial charge in [0.25, 0.3) is 0 Å². The van der Waals surface area contributed by atoms with E-state index in [1.54, 1.807) is 7.11 Å². The highest BCUT2D eigenvalue weighted by Crippen LogP contribution is 2.42. The number of aryl methyl sites for hydroxylation is 2. The molecule has 2 aromatic carbocycles. The number of nitrogen functional groups attached to an aromatic ring is 2. The van der Waals surface area contributed by atoms with Gasteiger partial charge in [-0.2, -0.15) is 5.10 Å². The van der Waals surface area contributed by atoms with Gasteiger partial charge in [-0.15, -0.1) is 0 Å². The number of anilines is 2. The van der Waals surface area contributed by atoms with Gasteiger partial charge in [-0.1, -0.05) is 35.9 Å². The Bertz CT molecular complexity index is 1160. The van der Waals surface area contributed by atoms with Gasteiger partial charge >= 0.3 is 0 Å². The maximum absolute atomic E-state index is 6.23. The predicted molar refractivity (Wildman–Crippen MR) is 110 cm³/mol. The summed E-state index contributed by atoms with van der Waals surface area (Å²) in [4.78, 5) is 4.72. The van der Waals surface area contributed by atoms with Gasteiger partial charge in [0.15, 0.2) is 5.82 Å². The average molecular weight is 359 g/mol. The van der Waals surface area contributed by atoms with E-state index in [9.17, 15) is 0 Å². The normalized spacial score (nSPS) is 11.1. The summed E-state index contributed by atoms with van der Waals surface area (Å²) in [6.07, 6.45) is 0. The van der Waals surface area contributed by atoms with Crippen molar-refractivity contribution in [1.82, 2.24) is 15.2 Å². The number of methoxy groups -OCH3 is 1. The average Bonchev–Trinajstić information content (AvgIpc) is 3.04. The summed E-state index contributed by atoms with van der Waals surface area (Å²) in [6, 6.07) is 14.1. The van der Waals surface area contributed by atoms with Gasteiger partial charge in [0.05, 0.1) is 18.2 Å². The molecule has 5 N–H and O–H groups in total. The Hall–Kier alpha value is -3.54. The Kier molecular flexibility index (Phi) is 3.96. The number of aromatic amines is 1. The molecule has 2 aromatic heterocycles. The number of nitrogens with zero attached hydrogens (tertiary/aromatic N) is 2. The quantitative estimate of drug-likeness (QED) is 0.511. The van der Waals surface area contributed by atoms with Crippen molar-refractivity contribution in [3.63, 3.8) is 0 Å². The number of aromatic nitrogens is 3. The number of ether oxygens (including phenoxy) is 1. The van der Waals surface area contributed by atoms with Crippen molar-refractivity contribution in [1.29, 1.82) is 0 Å². The fourth-order valence-corrected chi connectivity index (χ4v) is 3.48. The van der Waals surface area contributed by atoms with Gasteiger partial charge in [-0.05, 0) is 37.1 Å². The number of fused-ring (bicyclic) bond motifs is 1. The molecule has 0 aliphatic carbocycles. The molecule has 0 unspecified atom stereocenters. The number of hydrogen-bond donors (Lipinski definition) is 3. The molecule has 0 bridgehead atoms. The first-order valence-electron chi connectivity index (χ1n) is 8.64. The largest absolute Gasteiger partial charge is 0.497 e. The van der Waals surface area contributed by atoms with Crippen LogP contribution < -0.4 is 16.2 Å². The number of hydrogen-bond acceptors (Lipinski definition) is 5. The van der Waals surface area contributed by atoms with Gasteiger partial charge in [-0.25, -0.2) is 4.98 Å². The van der Waals surface area contributed by atoms with E-state index in [4.69, 9.17) is 21.2 Å². The molecule has 136 valence electrons. The minimum absolute atomic E-state index is 0.371. The highest BCUT2D eigenvalue weighted by molar-refractivity contribution is 6.10. The molecule has 0 radical (unpaired) electrons. The Morgan fingerprint density at radius 2 is 1.81 bits per heavy atom. The predicted octanol–water partition coefficient (Wildman–Crippen LogP) is 4.08. The van der Waals surface area contributed by atoms with Gasteiger partial charge in [-0.3, -0.25) is 5.10 Å². The number of pyridine rings is 1. The smallest absolute Gasteiger partial charge is 0.153 e. The zero-order valence-electron chi connectivity index (χ0n) is 15.5. The van der Waals surface area contributed by atoms with Crippen LogP contribution in [0.2, 0.25) is 0 Å². The Morgan fingerprint density at radius 1 is 1.00 bits per heavy atom. The molecule has 4 rings (SSSR count). The molecule has 0 saturated carbocycles. The number of nitrogens with one attached hydrogen (secondary N) is 1. The fraction of sp³-hybridized carbons (Fsp3) is 0.143. The molecular formula is C21H21N5O. The van der Waals surface area contributed by atoms with E-state index in [2.05, 4.69) is 42.2 Å². The molecule has 0 atom stereocenters. The fourth-order valence-electron chi connectivity index (χ4n) is 3.48. The summed E-state index contributed by atoms with van der Waals surface area (Å²) in [5.41, 5.74) is 19.0. The van der Waals surface area contributed by atoms with Crippen LogP contribution in [0.1, 0.15) is 11.1 Å². The maximum atomic E-state index is 6.23. The van der Waals surface area contributed by atoms with E-state index in [1.165, 1.54) is 5.56 Å². The van der Waals surface area contributed by atoms with Gasteiger partial charge in [0.1, 0.15) is 17.1 Å². The molecule has 6 nitrogen and oxygen atoms in total. The first kappa shape index (κ1) is 16.9. The molecule has 0 aliphatic rings. The van der Waals surface area contributed by atoms with Crippen LogP contribution in [0.5, 0.6) is 5.75 Å². The molecular weight excluding hydrogens is 338 g/mol. The Balaban J connectivity index is 2.13. The van der Waals surface area contributed by atoms with Crippen LogP contribution >= 0.6 is 0 Å². The van der Waals surface area contributed by atoms with Crippen LogP contribution in [0.25, 0.3) is 33.3 Å². The maximum Gasteiger partial charge on any atom is 0.153 e. The first-order chi connectivity index (χ1) is 13.0. The third kappa shape index (κ3) is 2.75. The van der Waals surface area contributed by atoms with Crippen LogP contribution in [-0.2, 0) is 0 Å². The highest BCUT2D eigenvalue weighted by atomic mass is 16.5. The summed E-state index contributed by atoms with van der Waals surface area (Å²) in [6.45, 7) is 4.14. The van der Waals surface area contributed by atoms with Crippen molar-refractivity contribution in [2.75, 3.05) is 18.6 Å². The first-order valence-corrected chi connectivity index (χ1v) is 8.64. The summed E-state index contributed by atoms with van der Waals surface area (Å²) < 4.78 is 5.41. The van der Waals surface area contributed by atoms with Crippen molar-refractivity contribution in [3.8, 4) is 28.1 Å².